The normalized spacial score (nSPS) is 13.1. The van der Waals surface area contributed by atoms with Crippen molar-refractivity contribution in [3.8, 4) is 0 Å². The van der Waals surface area contributed by atoms with Crippen LogP contribution in [0.4, 0.5) is 0 Å². The van der Waals surface area contributed by atoms with E-state index < -0.39 is 0 Å². The van der Waals surface area contributed by atoms with E-state index in [4.69, 9.17) is 0 Å². The van der Waals surface area contributed by atoms with Crippen LogP contribution in [0.15, 0.2) is 6.33 Å². The van der Waals surface area contributed by atoms with Crippen LogP contribution in [0.5, 0.6) is 0 Å². The molecule has 1 aromatic rings. The van der Waals surface area contributed by atoms with Crippen molar-refractivity contribution < 1.29 is 0 Å². The molecule has 1 unspecified atom stereocenters. The fraction of sp³-hybridized carbons (Fsp3) is 0.778. The summed E-state index contributed by atoms with van der Waals surface area (Å²) in [6.07, 6.45) is 5.05. The van der Waals surface area contributed by atoms with Crippen molar-refractivity contribution in [3.63, 3.8) is 0 Å². The van der Waals surface area contributed by atoms with Crippen LogP contribution in [0.1, 0.15) is 19.2 Å². The minimum absolute atomic E-state index is 0.541. The average Bonchev–Trinajstić information content (AvgIpc) is 2.58. The molecule has 0 bridgehead atoms. The Morgan fingerprint density at radius 1 is 1.64 bits per heavy atom. The molecule has 0 aliphatic rings. The first kappa shape index (κ1) is 11.5. The summed E-state index contributed by atoms with van der Waals surface area (Å²) in [5.74, 6) is 2.19. The summed E-state index contributed by atoms with van der Waals surface area (Å²) in [6.45, 7) is 3.00. The minimum Gasteiger partial charge on any atom is -0.320 e. The Morgan fingerprint density at radius 3 is 3.00 bits per heavy atom. The summed E-state index contributed by atoms with van der Waals surface area (Å²) in [6, 6.07) is 0.541. The Labute approximate surface area is 89.5 Å². The van der Waals surface area contributed by atoms with Crippen molar-refractivity contribution in [2.24, 2.45) is 7.05 Å². The molecule has 0 aliphatic carbocycles. The first-order valence-electron chi connectivity index (χ1n) is 4.79. The maximum Gasteiger partial charge on any atom is 0.146 e. The highest BCUT2D eigenvalue weighted by Crippen LogP contribution is 2.00. The number of aryl methyl sites for hydroxylation is 1. The van der Waals surface area contributed by atoms with E-state index in [0.29, 0.717) is 6.04 Å². The van der Waals surface area contributed by atoms with Crippen LogP contribution in [-0.4, -0.2) is 32.8 Å². The van der Waals surface area contributed by atoms with Gasteiger partial charge in [-0.25, -0.2) is 0 Å². The van der Waals surface area contributed by atoms with Gasteiger partial charge in [0.15, 0.2) is 0 Å². The molecule has 4 nitrogen and oxygen atoms in total. The van der Waals surface area contributed by atoms with Gasteiger partial charge in [-0.15, -0.1) is 10.2 Å². The predicted octanol–water partition coefficient (Wildman–Crippen LogP) is 1.05. The molecule has 0 saturated carbocycles. The van der Waals surface area contributed by atoms with Crippen LogP contribution >= 0.6 is 11.8 Å². The van der Waals surface area contributed by atoms with Crippen LogP contribution in [0.3, 0.4) is 0 Å². The molecule has 1 rings (SSSR count). The van der Waals surface area contributed by atoms with Crippen molar-refractivity contribution in [1.29, 1.82) is 0 Å². The van der Waals surface area contributed by atoms with E-state index in [1.807, 2.05) is 23.4 Å². The highest BCUT2D eigenvalue weighted by atomic mass is 32.2. The Kier molecular flexibility index (Phi) is 4.97. The lowest BCUT2D eigenvalue weighted by Crippen LogP contribution is -2.27. The van der Waals surface area contributed by atoms with Gasteiger partial charge < -0.3 is 9.88 Å². The molecule has 1 aromatic heterocycles. The summed E-state index contributed by atoms with van der Waals surface area (Å²) in [7, 11) is 1.96. The van der Waals surface area contributed by atoms with Gasteiger partial charge in [0, 0.05) is 13.1 Å². The molecule has 0 fully saturated rings. The third-order valence-corrected chi connectivity index (χ3v) is 2.81. The predicted molar refractivity (Wildman–Crippen MR) is 60.3 cm³/mol. The quantitative estimate of drug-likeness (QED) is 0.768. The van der Waals surface area contributed by atoms with Gasteiger partial charge in [-0.05, 0) is 25.4 Å². The summed E-state index contributed by atoms with van der Waals surface area (Å²) < 4.78 is 1.94. The minimum atomic E-state index is 0.541. The number of rotatable bonds is 6. The Bertz CT molecular complexity index is 261. The van der Waals surface area contributed by atoms with Gasteiger partial charge in [0.2, 0.25) is 0 Å². The molecule has 0 aliphatic heterocycles. The lowest BCUT2D eigenvalue weighted by atomic mass is 10.2. The SMILES string of the molecule is CSCCC(C)NCc1nncn1C. The summed E-state index contributed by atoms with van der Waals surface area (Å²) >= 11 is 1.88. The van der Waals surface area contributed by atoms with Crippen LogP contribution in [0.2, 0.25) is 0 Å². The third kappa shape index (κ3) is 3.67. The molecule has 14 heavy (non-hydrogen) atoms. The van der Waals surface area contributed by atoms with E-state index in [-0.39, 0.29) is 0 Å². The van der Waals surface area contributed by atoms with Gasteiger partial charge in [-0.2, -0.15) is 11.8 Å². The van der Waals surface area contributed by atoms with Gasteiger partial charge in [0.1, 0.15) is 12.2 Å². The smallest absolute Gasteiger partial charge is 0.146 e. The van der Waals surface area contributed by atoms with E-state index in [9.17, 15) is 0 Å². The maximum atomic E-state index is 4.01. The highest BCUT2D eigenvalue weighted by molar-refractivity contribution is 7.98. The zero-order chi connectivity index (χ0) is 10.4. The van der Waals surface area contributed by atoms with E-state index >= 15 is 0 Å². The van der Waals surface area contributed by atoms with E-state index in [1.165, 1.54) is 12.2 Å². The Balaban J connectivity index is 2.23. The fourth-order valence-corrected chi connectivity index (χ4v) is 1.72. The van der Waals surface area contributed by atoms with Crippen LogP contribution in [-0.2, 0) is 13.6 Å². The van der Waals surface area contributed by atoms with E-state index in [2.05, 4.69) is 28.7 Å². The summed E-state index contributed by atoms with van der Waals surface area (Å²) in [5.41, 5.74) is 0. The number of aromatic nitrogens is 3. The number of thioether (sulfide) groups is 1. The second-order valence-electron chi connectivity index (χ2n) is 3.42. The second kappa shape index (κ2) is 6.03. The van der Waals surface area contributed by atoms with Crippen LogP contribution < -0.4 is 5.32 Å². The van der Waals surface area contributed by atoms with E-state index in [1.54, 1.807) is 6.33 Å². The second-order valence-corrected chi connectivity index (χ2v) is 4.41. The van der Waals surface area contributed by atoms with Gasteiger partial charge >= 0.3 is 0 Å². The molecule has 80 valence electrons. The van der Waals surface area contributed by atoms with Crippen molar-refractivity contribution in [3.05, 3.63) is 12.2 Å². The number of hydrogen-bond donors (Lipinski definition) is 1. The van der Waals surface area contributed by atoms with Crippen molar-refractivity contribution in [2.75, 3.05) is 12.0 Å². The zero-order valence-corrected chi connectivity index (χ0v) is 9.84. The van der Waals surface area contributed by atoms with Gasteiger partial charge in [-0.1, -0.05) is 0 Å². The lowest BCUT2D eigenvalue weighted by molar-refractivity contribution is 0.518. The number of nitrogens with one attached hydrogen (secondary N) is 1. The largest absolute Gasteiger partial charge is 0.320 e. The standard InChI is InChI=1S/C9H18N4S/c1-8(4-5-14-3)10-6-9-12-11-7-13(9)2/h7-8,10H,4-6H2,1-3H3. The number of nitrogens with zero attached hydrogens (tertiary/aromatic N) is 3. The summed E-state index contributed by atoms with van der Waals surface area (Å²) in [5, 5.41) is 11.3. The third-order valence-electron chi connectivity index (χ3n) is 2.17. The van der Waals surface area contributed by atoms with Gasteiger partial charge in [0.25, 0.3) is 0 Å². The molecule has 0 spiro atoms. The maximum absolute atomic E-state index is 4.01. The van der Waals surface area contributed by atoms with E-state index in [0.717, 1.165) is 12.4 Å². The van der Waals surface area contributed by atoms with Crippen molar-refractivity contribution in [2.45, 2.75) is 25.9 Å². The van der Waals surface area contributed by atoms with Gasteiger partial charge in [0.05, 0.1) is 6.54 Å². The molecule has 1 N–H and O–H groups in total. The monoisotopic (exact) mass is 214 g/mol. The van der Waals surface area contributed by atoms with Gasteiger partial charge in [-0.3, -0.25) is 0 Å². The molecular formula is C9H18N4S. The van der Waals surface area contributed by atoms with Crippen LogP contribution in [0.25, 0.3) is 0 Å². The molecule has 1 heterocycles. The summed E-state index contributed by atoms with van der Waals surface area (Å²) in [4.78, 5) is 0. The van der Waals surface area contributed by atoms with Crippen LogP contribution in [0, 0.1) is 0 Å². The Morgan fingerprint density at radius 2 is 2.43 bits per heavy atom. The Hall–Kier alpha value is -0.550. The number of hydrogen-bond acceptors (Lipinski definition) is 4. The first-order valence-corrected chi connectivity index (χ1v) is 6.18. The molecule has 0 aromatic carbocycles. The molecule has 0 saturated heterocycles. The molecular weight excluding hydrogens is 196 g/mol. The first-order chi connectivity index (χ1) is 6.74. The highest BCUT2D eigenvalue weighted by Gasteiger charge is 2.03. The van der Waals surface area contributed by atoms with Crippen molar-refractivity contribution in [1.82, 2.24) is 20.1 Å². The average molecular weight is 214 g/mol. The zero-order valence-electron chi connectivity index (χ0n) is 9.03. The van der Waals surface area contributed by atoms with Crippen molar-refractivity contribution >= 4 is 11.8 Å². The lowest BCUT2D eigenvalue weighted by Gasteiger charge is -2.12. The molecule has 5 heteroatoms. The topological polar surface area (TPSA) is 42.7 Å². The fourth-order valence-electron chi connectivity index (χ4n) is 1.13. The molecule has 1 atom stereocenters. The molecule has 0 amide bonds. The molecule has 0 radical (unpaired) electrons.